The third-order valence-corrected chi connectivity index (χ3v) is 8.22. The number of benzene rings is 3. The molecular weight excluding hydrogens is 572 g/mol. The Morgan fingerprint density at radius 3 is 2.31 bits per heavy atom. The quantitative estimate of drug-likeness (QED) is 0.122. The molecule has 45 heavy (non-hydrogen) atoms. The average molecular weight is 607 g/mol. The summed E-state index contributed by atoms with van der Waals surface area (Å²) >= 11 is 0. The Morgan fingerprint density at radius 1 is 0.822 bits per heavy atom. The fourth-order valence-electron chi connectivity index (χ4n) is 5.91. The molecule has 3 amide bonds. The highest BCUT2D eigenvalue weighted by molar-refractivity contribution is 5.94. The van der Waals surface area contributed by atoms with Gasteiger partial charge in [0.1, 0.15) is 12.1 Å². The largest absolute Gasteiger partial charge is 0.480 e. The van der Waals surface area contributed by atoms with E-state index in [0.717, 1.165) is 44.2 Å². The summed E-state index contributed by atoms with van der Waals surface area (Å²) in [4.78, 5) is 58.2. The standard InChI is InChI=1S/C34H34N6O5/c41-31(19-37-32(42)27-16-24-23-11-5-7-13-26(23)38-30(24)18-36-27)39-28(14-20-8-2-1-3-9-20)33(43)40-29(34(44)45)15-21-17-35-25-12-6-4-10-22(21)25/h1-13,17,27-29,35-36,38H,14-16,18-19H2,(H,37,42)(H,39,41)(H,40,43)(H,44,45)/t27?,28-,29-/m0/s1. The summed E-state index contributed by atoms with van der Waals surface area (Å²) in [6.07, 6.45) is 2.40. The van der Waals surface area contributed by atoms with E-state index in [0.29, 0.717) is 13.0 Å². The van der Waals surface area contributed by atoms with E-state index in [4.69, 9.17) is 0 Å². The fraction of sp³-hybridized carbons (Fsp3) is 0.235. The molecule has 1 unspecified atom stereocenters. The minimum atomic E-state index is -1.22. The SMILES string of the molecule is O=C(CNC(=O)C1Cc2c([nH]c3ccccc23)CN1)N[C@@H](Cc1ccccc1)C(=O)N[C@@H](Cc1c[nH]c2ccccc12)C(=O)O. The fourth-order valence-corrected chi connectivity index (χ4v) is 5.91. The van der Waals surface area contributed by atoms with Crippen molar-refractivity contribution < 1.29 is 24.3 Å². The predicted octanol–water partition coefficient (Wildman–Crippen LogP) is 2.32. The maximum atomic E-state index is 13.5. The number of H-pyrrole nitrogens is 2. The molecule has 1 aliphatic heterocycles. The van der Waals surface area contributed by atoms with Crippen LogP contribution < -0.4 is 21.3 Å². The van der Waals surface area contributed by atoms with Gasteiger partial charge in [0, 0.05) is 53.1 Å². The van der Waals surface area contributed by atoms with Crippen molar-refractivity contribution in [1.29, 1.82) is 0 Å². The van der Waals surface area contributed by atoms with Gasteiger partial charge in [-0.25, -0.2) is 4.79 Å². The van der Waals surface area contributed by atoms with Crippen LogP contribution in [0.2, 0.25) is 0 Å². The van der Waals surface area contributed by atoms with Crippen LogP contribution in [0.3, 0.4) is 0 Å². The number of nitrogens with one attached hydrogen (secondary N) is 6. The minimum absolute atomic E-state index is 0.0552. The van der Waals surface area contributed by atoms with Crippen molar-refractivity contribution in [3.05, 3.63) is 107 Å². The van der Waals surface area contributed by atoms with Crippen LogP contribution in [0, 0.1) is 0 Å². The molecule has 3 aromatic carbocycles. The number of aromatic amines is 2. The van der Waals surface area contributed by atoms with Crippen LogP contribution in [0.15, 0.2) is 85.1 Å². The zero-order valence-electron chi connectivity index (χ0n) is 24.4. The molecule has 11 heteroatoms. The molecule has 0 fully saturated rings. The molecule has 0 radical (unpaired) electrons. The number of fused-ring (bicyclic) bond motifs is 4. The molecular formula is C34H34N6O5. The van der Waals surface area contributed by atoms with E-state index in [1.54, 1.807) is 6.20 Å². The maximum absolute atomic E-state index is 13.5. The average Bonchev–Trinajstić information content (AvgIpc) is 3.64. The lowest BCUT2D eigenvalue weighted by Crippen LogP contribution is -2.55. The number of para-hydroxylation sites is 2. The summed E-state index contributed by atoms with van der Waals surface area (Å²) in [6.45, 7) is 0.158. The number of hydrogen-bond acceptors (Lipinski definition) is 5. The normalized spacial score (nSPS) is 15.6. The smallest absolute Gasteiger partial charge is 0.326 e. The van der Waals surface area contributed by atoms with Gasteiger partial charge in [-0.3, -0.25) is 19.7 Å². The number of carbonyl (C=O) groups is 4. The molecule has 0 spiro atoms. The first-order chi connectivity index (χ1) is 21.9. The topological polar surface area (TPSA) is 168 Å². The highest BCUT2D eigenvalue weighted by Gasteiger charge is 2.29. The Balaban J connectivity index is 1.10. The van der Waals surface area contributed by atoms with Crippen molar-refractivity contribution in [1.82, 2.24) is 31.2 Å². The van der Waals surface area contributed by atoms with Crippen molar-refractivity contribution in [3.8, 4) is 0 Å². The summed E-state index contributed by atoms with van der Waals surface area (Å²) in [5.41, 5.74) is 5.53. The van der Waals surface area contributed by atoms with Gasteiger partial charge in [-0.1, -0.05) is 66.7 Å². The maximum Gasteiger partial charge on any atom is 0.326 e. The molecule has 7 N–H and O–H groups in total. The first-order valence-corrected chi connectivity index (χ1v) is 14.9. The van der Waals surface area contributed by atoms with Crippen molar-refractivity contribution in [3.63, 3.8) is 0 Å². The highest BCUT2D eigenvalue weighted by Crippen LogP contribution is 2.26. The molecule has 0 saturated carbocycles. The Hall–Kier alpha value is -5.42. The van der Waals surface area contributed by atoms with Gasteiger partial charge in [-0.05, 0) is 35.2 Å². The van der Waals surface area contributed by atoms with Crippen LogP contribution in [0.1, 0.15) is 22.4 Å². The Bertz CT molecular complexity index is 1860. The number of aliphatic carboxylic acids is 1. The van der Waals surface area contributed by atoms with E-state index in [9.17, 15) is 24.3 Å². The lowest BCUT2D eigenvalue weighted by molar-refractivity contribution is -0.142. The van der Waals surface area contributed by atoms with E-state index in [1.165, 1.54) is 0 Å². The first kappa shape index (κ1) is 29.6. The molecule has 0 saturated heterocycles. The number of carbonyl (C=O) groups excluding carboxylic acids is 3. The summed E-state index contributed by atoms with van der Waals surface area (Å²) in [5, 5.41) is 23.1. The van der Waals surface area contributed by atoms with Gasteiger partial charge in [0.15, 0.2) is 0 Å². The summed E-state index contributed by atoms with van der Waals surface area (Å²) in [6, 6.07) is 21.8. The van der Waals surface area contributed by atoms with Crippen LogP contribution in [0.4, 0.5) is 0 Å². The van der Waals surface area contributed by atoms with Crippen LogP contribution in [-0.2, 0) is 45.0 Å². The number of aromatic nitrogens is 2. The van der Waals surface area contributed by atoms with Crippen molar-refractivity contribution in [2.75, 3.05) is 6.54 Å². The predicted molar refractivity (Wildman–Crippen MR) is 169 cm³/mol. The molecule has 6 rings (SSSR count). The van der Waals surface area contributed by atoms with Crippen LogP contribution in [0.5, 0.6) is 0 Å². The number of amides is 3. The molecule has 11 nitrogen and oxygen atoms in total. The highest BCUT2D eigenvalue weighted by atomic mass is 16.4. The zero-order chi connectivity index (χ0) is 31.3. The van der Waals surface area contributed by atoms with E-state index in [2.05, 4.69) is 31.2 Å². The Morgan fingerprint density at radius 2 is 1.53 bits per heavy atom. The van der Waals surface area contributed by atoms with E-state index in [-0.39, 0.29) is 25.3 Å². The molecule has 0 aliphatic carbocycles. The van der Waals surface area contributed by atoms with E-state index < -0.39 is 35.9 Å². The summed E-state index contributed by atoms with van der Waals surface area (Å²) in [7, 11) is 0. The Labute approximate surface area is 258 Å². The van der Waals surface area contributed by atoms with E-state index >= 15 is 0 Å². The molecule has 3 atom stereocenters. The van der Waals surface area contributed by atoms with Crippen LogP contribution in [-0.4, -0.2) is 63.4 Å². The van der Waals surface area contributed by atoms with Gasteiger partial charge >= 0.3 is 5.97 Å². The lowest BCUT2D eigenvalue weighted by atomic mass is 9.98. The molecule has 1 aliphatic rings. The third-order valence-electron chi connectivity index (χ3n) is 8.22. The molecule has 0 bridgehead atoms. The third kappa shape index (κ3) is 6.73. The van der Waals surface area contributed by atoms with Crippen molar-refractivity contribution in [2.45, 2.75) is 43.9 Å². The molecule has 5 aromatic rings. The number of carboxylic acids is 1. The summed E-state index contributed by atoms with van der Waals surface area (Å²) in [5.74, 6) is -2.71. The van der Waals surface area contributed by atoms with Gasteiger partial charge in [0.25, 0.3) is 0 Å². The lowest BCUT2D eigenvalue weighted by Gasteiger charge is -2.24. The molecule has 3 heterocycles. The van der Waals surface area contributed by atoms with Gasteiger partial charge in [-0.15, -0.1) is 0 Å². The first-order valence-electron chi connectivity index (χ1n) is 14.9. The molecule has 2 aromatic heterocycles. The molecule has 230 valence electrons. The monoisotopic (exact) mass is 606 g/mol. The number of rotatable bonds is 11. The van der Waals surface area contributed by atoms with Crippen LogP contribution >= 0.6 is 0 Å². The Kier molecular flexibility index (Phi) is 8.61. The number of carboxylic acid groups (broad SMARTS) is 1. The van der Waals surface area contributed by atoms with Gasteiger partial charge in [0.05, 0.1) is 12.6 Å². The second-order valence-electron chi connectivity index (χ2n) is 11.3. The van der Waals surface area contributed by atoms with Gasteiger partial charge < -0.3 is 31.0 Å². The van der Waals surface area contributed by atoms with E-state index in [1.807, 2.05) is 78.9 Å². The minimum Gasteiger partial charge on any atom is -0.480 e. The summed E-state index contributed by atoms with van der Waals surface area (Å²) < 4.78 is 0. The number of hydrogen-bond donors (Lipinski definition) is 7. The van der Waals surface area contributed by atoms with Crippen LogP contribution in [0.25, 0.3) is 21.8 Å². The van der Waals surface area contributed by atoms with Gasteiger partial charge in [-0.2, -0.15) is 0 Å². The van der Waals surface area contributed by atoms with Crippen molar-refractivity contribution >= 4 is 45.5 Å². The zero-order valence-corrected chi connectivity index (χ0v) is 24.4. The van der Waals surface area contributed by atoms with Gasteiger partial charge in [0.2, 0.25) is 17.7 Å². The second-order valence-corrected chi connectivity index (χ2v) is 11.3. The van der Waals surface area contributed by atoms with Crippen molar-refractivity contribution in [2.24, 2.45) is 0 Å². The second kappa shape index (κ2) is 13.1.